The molecule has 1 unspecified atom stereocenters. The average Bonchev–Trinajstić information content (AvgIpc) is 2.55. The summed E-state index contributed by atoms with van der Waals surface area (Å²) in [6.45, 7) is 0.377. The van der Waals surface area contributed by atoms with Crippen molar-refractivity contribution in [2.45, 2.75) is 25.3 Å². The van der Waals surface area contributed by atoms with Gasteiger partial charge in [-0.25, -0.2) is 0 Å². The minimum Gasteiger partial charge on any atom is -0.491 e. The van der Waals surface area contributed by atoms with Gasteiger partial charge in [0.1, 0.15) is 12.4 Å². The number of hydrogen-bond acceptors (Lipinski definition) is 3. The molecule has 0 aromatic heterocycles. The quantitative estimate of drug-likeness (QED) is 0.881. The summed E-state index contributed by atoms with van der Waals surface area (Å²) in [4.78, 5) is 0. The zero-order chi connectivity index (χ0) is 14.5. The second-order valence-electron chi connectivity index (χ2n) is 5.38. The highest BCUT2D eigenvalue weighted by atomic mass is 16.5. The molecule has 0 saturated carbocycles. The van der Waals surface area contributed by atoms with Gasteiger partial charge < -0.3 is 15.2 Å². The number of aryl methyl sites for hydroxylation is 1. The fourth-order valence-electron chi connectivity index (χ4n) is 2.92. The maximum absolute atomic E-state index is 8.75. The summed E-state index contributed by atoms with van der Waals surface area (Å²) < 4.78 is 5.38. The van der Waals surface area contributed by atoms with E-state index >= 15 is 0 Å². The van der Waals surface area contributed by atoms with Crippen LogP contribution in [0.3, 0.4) is 0 Å². The zero-order valence-electron chi connectivity index (χ0n) is 12.1. The second-order valence-corrected chi connectivity index (χ2v) is 5.38. The van der Waals surface area contributed by atoms with Gasteiger partial charge in [0.2, 0.25) is 0 Å². The largest absolute Gasteiger partial charge is 0.491 e. The number of aliphatic hydroxyl groups excluding tert-OH is 1. The fraction of sp³-hybridized carbons (Fsp3) is 0.333. The van der Waals surface area contributed by atoms with Gasteiger partial charge in [-0.1, -0.05) is 24.3 Å². The molecule has 3 nitrogen and oxygen atoms in total. The molecule has 0 bridgehead atoms. The van der Waals surface area contributed by atoms with Crippen LogP contribution in [-0.4, -0.2) is 18.3 Å². The Kier molecular flexibility index (Phi) is 4.41. The summed E-state index contributed by atoms with van der Waals surface area (Å²) in [6.07, 6.45) is 3.58. The number of nitrogens with one attached hydrogen (secondary N) is 1. The lowest BCUT2D eigenvalue weighted by Crippen LogP contribution is -2.17. The molecular weight excluding hydrogens is 262 g/mol. The highest BCUT2D eigenvalue weighted by Gasteiger charge is 2.19. The molecule has 1 atom stereocenters. The molecule has 2 aromatic rings. The Hall–Kier alpha value is -2.00. The molecule has 21 heavy (non-hydrogen) atoms. The highest BCUT2D eigenvalue weighted by molar-refractivity contribution is 5.49. The monoisotopic (exact) mass is 283 g/mol. The first-order valence-corrected chi connectivity index (χ1v) is 7.55. The van der Waals surface area contributed by atoms with E-state index in [9.17, 15) is 0 Å². The average molecular weight is 283 g/mol. The van der Waals surface area contributed by atoms with Crippen molar-refractivity contribution in [3.63, 3.8) is 0 Å². The van der Waals surface area contributed by atoms with E-state index in [2.05, 4.69) is 29.6 Å². The van der Waals surface area contributed by atoms with E-state index < -0.39 is 0 Å². The number of ether oxygens (including phenoxy) is 1. The maximum atomic E-state index is 8.75. The summed E-state index contributed by atoms with van der Waals surface area (Å²) in [5, 5.41) is 12.4. The summed E-state index contributed by atoms with van der Waals surface area (Å²) in [6, 6.07) is 17.0. The number of anilines is 1. The molecule has 3 heteroatoms. The minimum absolute atomic E-state index is 0.0405. The molecule has 3 rings (SSSR count). The highest BCUT2D eigenvalue weighted by Crippen LogP contribution is 2.32. The number of benzene rings is 2. The topological polar surface area (TPSA) is 41.5 Å². The summed E-state index contributed by atoms with van der Waals surface area (Å²) in [7, 11) is 0. The van der Waals surface area contributed by atoms with Crippen LogP contribution in [0.4, 0.5) is 5.69 Å². The molecule has 0 saturated heterocycles. The van der Waals surface area contributed by atoms with Crippen LogP contribution in [0.5, 0.6) is 5.75 Å². The summed E-state index contributed by atoms with van der Waals surface area (Å²) >= 11 is 0. The number of fused-ring (bicyclic) bond motifs is 1. The van der Waals surface area contributed by atoms with Crippen molar-refractivity contribution in [3.05, 3.63) is 59.7 Å². The van der Waals surface area contributed by atoms with Gasteiger partial charge in [-0.2, -0.15) is 0 Å². The fourth-order valence-corrected chi connectivity index (χ4v) is 2.92. The van der Waals surface area contributed by atoms with Gasteiger partial charge in [-0.05, 0) is 54.7 Å². The normalized spacial score (nSPS) is 17.1. The Bertz CT molecular complexity index is 580. The molecule has 1 aliphatic carbocycles. The van der Waals surface area contributed by atoms with E-state index in [1.807, 2.05) is 24.3 Å². The van der Waals surface area contributed by atoms with Gasteiger partial charge in [0.15, 0.2) is 0 Å². The summed E-state index contributed by atoms with van der Waals surface area (Å²) in [5.74, 6) is 0.790. The van der Waals surface area contributed by atoms with Gasteiger partial charge >= 0.3 is 0 Å². The molecule has 0 radical (unpaired) electrons. The molecule has 110 valence electrons. The van der Waals surface area contributed by atoms with Crippen LogP contribution in [0.15, 0.2) is 48.5 Å². The first-order valence-electron chi connectivity index (χ1n) is 7.55. The Morgan fingerprint density at radius 1 is 1.10 bits per heavy atom. The lowest BCUT2D eigenvalue weighted by Gasteiger charge is -2.27. The third kappa shape index (κ3) is 3.37. The molecule has 0 heterocycles. The third-order valence-corrected chi connectivity index (χ3v) is 3.92. The van der Waals surface area contributed by atoms with Crippen molar-refractivity contribution in [1.29, 1.82) is 0 Å². The Labute approximate surface area is 125 Å². The molecular formula is C18H21NO2. The standard InChI is InChI=1S/C18H21NO2/c20-12-13-21-16-10-8-15(9-11-16)19-18-7-3-5-14-4-1-2-6-17(14)18/h1-2,4,6,8-11,18-20H,3,5,7,12-13H2. The van der Waals surface area contributed by atoms with Crippen molar-refractivity contribution in [1.82, 2.24) is 0 Å². The molecule has 2 aromatic carbocycles. The SMILES string of the molecule is OCCOc1ccc(NC2CCCc3ccccc32)cc1. The summed E-state index contributed by atoms with van der Waals surface area (Å²) in [5.41, 5.74) is 3.99. The number of rotatable bonds is 5. The van der Waals surface area contributed by atoms with Gasteiger partial charge in [0.05, 0.1) is 12.6 Å². The van der Waals surface area contributed by atoms with Crippen molar-refractivity contribution in [2.75, 3.05) is 18.5 Å². The van der Waals surface area contributed by atoms with Gasteiger partial charge in [0.25, 0.3) is 0 Å². The van der Waals surface area contributed by atoms with Crippen molar-refractivity contribution < 1.29 is 9.84 Å². The van der Waals surface area contributed by atoms with Crippen LogP contribution in [0, 0.1) is 0 Å². The zero-order valence-corrected chi connectivity index (χ0v) is 12.1. The van der Waals surface area contributed by atoms with E-state index in [4.69, 9.17) is 9.84 Å². The predicted molar refractivity (Wildman–Crippen MR) is 84.8 cm³/mol. The van der Waals surface area contributed by atoms with E-state index in [1.165, 1.54) is 30.4 Å². The lowest BCUT2D eigenvalue weighted by molar-refractivity contribution is 0.201. The smallest absolute Gasteiger partial charge is 0.119 e. The first-order chi connectivity index (χ1) is 10.4. The van der Waals surface area contributed by atoms with Crippen LogP contribution < -0.4 is 10.1 Å². The molecule has 0 amide bonds. The maximum Gasteiger partial charge on any atom is 0.119 e. The van der Waals surface area contributed by atoms with Gasteiger partial charge in [-0.15, -0.1) is 0 Å². The van der Waals surface area contributed by atoms with Crippen LogP contribution in [-0.2, 0) is 6.42 Å². The molecule has 2 N–H and O–H groups in total. The van der Waals surface area contributed by atoms with E-state index in [1.54, 1.807) is 0 Å². The predicted octanol–water partition coefficient (Wildman–Crippen LogP) is 3.55. The minimum atomic E-state index is 0.0405. The van der Waals surface area contributed by atoms with E-state index in [0.29, 0.717) is 12.6 Å². The Morgan fingerprint density at radius 3 is 2.71 bits per heavy atom. The molecule has 1 aliphatic rings. The molecule has 0 fully saturated rings. The Balaban J connectivity index is 1.70. The second kappa shape index (κ2) is 6.64. The third-order valence-electron chi connectivity index (χ3n) is 3.92. The molecule has 0 aliphatic heterocycles. The molecule has 0 spiro atoms. The van der Waals surface area contributed by atoms with Crippen molar-refractivity contribution >= 4 is 5.69 Å². The van der Waals surface area contributed by atoms with Crippen LogP contribution >= 0.6 is 0 Å². The number of aliphatic hydroxyl groups is 1. The van der Waals surface area contributed by atoms with E-state index in [0.717, 1.165) is 11.4 Å². The van der Waals surface area contributed by atoms with Gasteiger partial charge in [-0.3, -0.25) is 0 Å². The van der Waals surface area contributed by atoms with Crippen LogP contribution in [0.25, 0.3) is 0 Å². The van der Waals surface area contributed by atoms with Crippen molar-refractivity contribution in [3.8, 4) is 5.75 Å². The van der Waals surface area contributed by atoms with Crippen LogP contribution in [0.2, 0.25) is 0 Å². The van der Waals surface area contributed by atoms with Gasteiger partial charge in [0, 0.05) is 5.69 Å². The number of hydrogen-bond donors (Lipinski definition) is 2. The first kappa shape index (κ1) is 14.0. The van der Waals surface area contributed by atoms with Crippen LogP contribution in [0.1, 0.15) is 30.0 Å². The van der Waals surface area contributed by atoms with E-state index in [-0.39, 0.29) is 6.61 Å². The van der Waals surface area contributed by atoms with Crippen molar-refractivity contribution in [2.24, 2.45) is 0 Å². The Morgan fingerprint density at radius 2 is 1.90 bits per heavy atom. The lowest BCUT2D eigenvalue weighted by atomic mass is 9.87.